The highest BCUT2D eigenvalue weighted by Gasteiger charge is 2.28. The van der Waals surface area contributed by atoms with Gasteiger partial charge in [-0.25, -0.2) is 4.79 Å². The van der Waals surface area contributed by atoms with Crippen molar-refractivity contribution in [2.75, 3.05) is 0 Å². The highest BCUT2D eigenvalue weighted by Crippen LogP contribution is 2.24. The van der Waals surface area contributed by atoms with E-state index in [1.54, 1.807) is 0 Å². The summed E-state index contributed by atoms with van der Waals surface area (Å²) in [7, 11) is 0. The Morgan fingerprint density at radius 3 is 2.65 bits per heavy atom. The van der Waals surface area contributed by atoms with Crippen LogP contribution in [-0.2, 0) is 4.79 Å². The number of amides is 1. The number of carbonyl (C=O) groups excluding carboxylic acids is 1. The molecule has 1 saturated carbocycles. The second-order valence-corrected chi connectivity index (χ2v) is 4.87. The van der Waals surface area contributed by atoms with Crippen LogP contribution in [0, 0.1) is 5.92 Å². The first-order chi connectivity index (χ1) is 9.45. The van der Waals surface area contributed by atoms with Crippen LogP contribution < -0.4 is 16.6 Å². The molecule has 1 amide bonds. The third-order valence-corrected chi connectivity index (χ3v) is 3.36. The fourth-order valence-corrected chi connectivity index (χ4v) is 2.40. The topological polar surface area (TPSA) is 132 Å². The molecule has 2 atom stereocenters. The minimum atomic E-state index is -0.867. The summed E-state index contributed by atoms with van der Waals surface area (Å²) in [5.74, 6) is -1.91. The lowest BCUT2D eigenvalue weighted by molar-refractivity contribution is -0.143. The van der Waals surface area contributed by atoms with Gasteiger partial charge in [0, 0.05) is 12.1 Å². The van der Waals surface area contributed by atoms with Gasteiger partial charge in [-0.1, -0.05) is 6.42 Å². The number of H-pyrrole nitrogens is 2. The van der Waals surface area contributed by atoms with Crippen LogP contribution in [-0.4, -0.2) is 33.0 Å². The van der Waals surface area contributed by atoms with Gasteiger partial charge in [0.15, 0.2) is 0 Å². The van der Waals surface area contributed by atoms with Crippen molar-refractivity contribution in [2.45, 2.75) is 31.7 Å². The third kappa shape index (κ3) is 3.34. The van der Waals surface area contributed by atoms with E-state index in [0.29, 0.717) is 25.7 Å². The van der Waals surface area contributed by atoms with E-state index < -0.39 is 29.0 Å². The minimum absolute atomic E-state index is 0.129. The maximum absolute atomic E-state index is 11.9. The first-order valence-electron chi connectivity index (χ1n) is 6.33. The van der Waals surface area contributed by atoms with Gasteiger partial charge in [0.1, 0.15) is 5.69 Å². The van der Waals surface area contributed by atoms with Crippen molar-refractivity contribution in [3.05, 3.63) is 32.6 Å². The number of aliphatic carboxylic acids is 1. The van der Waals surface area contributed by atoms with Crippen LogP contribution in [0.3, 0.4) is 0 Å². The summed E-state index contributed by atoms with van der Waals surface area (Å²) in [6, 6.07) is 0.731. The van der Waals surface area contributed by atoms with Gasteiger partial charge in [-0.15, -0.1) is 0 Å². The van der Waals surface area contributed by atoms with Crippen molar-refractivity contribution in [3.8, 4) is 0 Å². The number of aromatic nitrogens is 2. The Labute approximate surface area is 113 Å². The number of rotatable bonds is 3. The molecule has 1 aliphatic carbocycles. The van der Waals surface area contributed by atoms with E-state index in [2.05, 4.69) is 10.3 Å². The third-order valence-electron chi connectivity index (χ3n) is 3.36. The average molecular weight is 281 g/mol. The number of carboxylic acids is 1. The molecule has 0 spiro atoms. The van der Waals surface area contributed by atoms with E-state index in [9.17, 15) is 19.2 Å². The van der Waals surface area contributed by atoms with Gasteiger partial charge in [0.2, 0.25) is 0 Å². The van der Waals surface area contributed by atoms with Gasteiger partial charge in [0.25, 0.3) is 11.5 Å². The second kappa shape index (κ2) is 5.72. The molecule has 20 heavy (non-hydrogen) atoms. The average Bonchev–Trinajstić information content (AvgIpc) is 2.37. The highest BCUT2D eigenvalue weighted by molar-refractivity contribution is 5.92. The molecule has 0 radical (unpaired) electrons. The van der Waals surface area contributed by atoms with Gasteiger partial charge in [-0.05, 0) is 19.3 Å². The summed E-state index contributed by atoms with van der Waals surface area (Å²) in [5, 5.41) is 11.6. The first kappa shape index (κ1) is 14.0. The van der Waals surface area contributed by atoms with E-state index in [-0.39, 0.29) is 11.7 Å². The molecule has 2 rings (SSSR count). The van der Waals surface area contributed by atoms with Crippen molar-refractivity contribution in [1.82, 2.24) is 15.3 Å². The van der Waals surface area contributed by atoms with Crippen molar-refractivity contribution < 1.29 is 14.7 Å². The zero-order chi connectivity index (χ0) is 14.7. The molecular formula is C12H15N3O5. The Hall–Kier alpha value is -2.38. The molecule has 108 valence electrons. The van der Waals surface area contributed by atoms with Crippen LogP contribution in [0.15, 0.2) is 15.7 Å². The van der Waals surface area contributed by atoms with E-state index in [1.807, 2.05) is 4.98 Å². The summed E-state index contributed by atoms with van der Waals surface area (Å²) in [4.78, 5) is 49.2. The molecule has 4 N–H and O–H groups in total. The number of carbonyl (C=O) groups is 2. The second-order valence-electron chi connectivity index (χ2n) is 4.87. The Kier molecular flexibility index (Phi) is 4.02. The van der Waals surface area contributed by atoms with Crippen LogP contribution in [0.2, 0.25) is 0 Å². The molecule has 0 aromatic carbocycles. The fourth-order valence-electron chi connectivity index (χ4n) is 2.40. The van der Waals surface area contributed by atoms with Gasteiger partial charge in [-0.3, -0.25) is 19.4 Å². The zero-order valence-corrected chi connectivity index (χ0v) is 10.6. The van der Waals surface area contributed by atoms with Crippen LogP contribution in [0.5, 0.6) is 0 Å². The first-order valence-corrected chi connectivity index (χ1v) is 6.33. The molecule has 1 aromatic rings. The number of nitrogens with one attached hydrogen (secondary N) is 3. The lowest BCUT2D eigenvalue weighted by Crippen LogP contribution is -2.41. The summed E-state index contributed by atoms with van der Waals surface area (Å²) >= 11 is 0. The van der Waals surface area contributed by atoms with Gasteiger partial charge < -0.3 is 15.4 Å². The largest absolute Gasteiger partial charge is 0.481 e. The molecule has 1 fully saturated rings. The van der Waals surface area contributed by atoms with Gasteiger partial charge >= 0.3 is 11.7 Å². The summed E-state index contributed by atoms with van der Waals surface area (Å²) in [6.07, 6.45) is 2.36. The van der Waals surface area contributed by atoms with Crippen LogP contribution in [0.4, 0.5) is 0 Å². The highest BCUT2D eigenvalue weighted by atomic mass is 16.4. The summed E-state index contributed by atoms with van der Waals surface area (Å²) in [5.41, 5.74) is -1.54. The zero-order valence-electron chi connectivity index (χ0n) is 10.6. The van der Waals surface area contributed by atoms with Crippen LogP contribution in [0.1, 0.15) is 36.2 Å². The molecular weight excluding hydrogens is 266 g/mol. The molecule has 8 nitrogen and oxygen atoms in total. The molecule has 0 saturated heterocycles. The SMILES string of the molecule is O=C(NC1CCCC(C(=O)O)C1)c1cc(=O)[nH]c(=O)[nH]1. The van der Waals surface area contributed by atoms with Gasteiger partial charge in [-0.2, -0.15) is 0 Å². The Morgan fingerprint density at radius 2 is 2.00 bits per heavy atom. The number of aromatic amines is 2. The lowest BCUT2D eigenvalue weighted by Gasteiger charge is -2.27. The predicted octanol–water partition coefficient (Wildman–Crippen LogP) is -0.564. The molecule has 1 aliphatic rings. The number of hydrogen-bond donors (Lipinski definition) is 4. The number of carboxylic acid groups (broad SMARTS) is 1. The fraction of sp³-hybridized carbons (Fsp3) is 0.500. The molecule has 1 aromatic heterocycles. The Balaban J connectivity index is 2.05. The smallest absolute Gasteiger partial charge is 0.326 e. The summed E-state index contributed by atoms with van der Waals surface area (Å²) < 4.78 is 0. The molecule has 1 heterocycles. The van der Waals surface area contributed by atoms with Crippen LogP contribution in [0.25, 0.3) is 0 Å². The molecule has 2 unspecified atom stereocenters. The number of hydrogen-bond acceptors (Lipinski definition) is 4. The van der Waals surface area contributed by atoms with E-state index in [0.717, 1.165) is 6.07 Å². The normalized spacial score (nSPS) is 22.2. The monoisotopic (exact) mass is 281 g/mol. The summed E-state index contributed by atoms with van der Waals surface area (Å²) in [6.45, 7) is 0. The van der Waals surface area contributed by atoms with E-state index in [1.165, 1.54) is 0 Å². The maximum Gasteiger partial charge on any atom is 0.326 e. The lowest BCUT2D eigenvalue weighted by atomic mass is 9.86. The maximum atomic E-state index is 11.9. The Morgan fingerprint density at radius 1 is 1.25 bits per heavy atom. The van der Waals surface area contributed by atoms with Crippen molar-refractivity contribution in [1.29, 1.82) is 0 Å². The molecule has 8 heteroatoms. The van der Waals surface area contributed by atoms with E-state index >= 15 is 0 Å². The van der Waals surface area contributed by atoms with Crippen LogP contribution >= 0.6 is 0 Å². The molecule has 0 aliphatic heterocycles. The van der Waals surface area contributed by atoms with Crippen molar-refractivity contribution >= 4 is 11.9 Å². The standard InChI is InChI=1S/C12H15N3O5/c16-9-5-8(14-12(20)15-9)10(17)13-7-3-1-2-6(4-7)11(18)19/h5-7H,1-4H2,(H,13,17)(H,18,19)(H2,14,15,16,20). The van der Waals surface area contributed by atoms with Crippen molar-refractivity contribution in [2.24, 2.45) is 5.92 Å². The van der Waals surface area contributed by atoms with E-state index in [4.69, 9.17) is 5.11 Å². The Bertz CT molecular complexity index is 604. The quantitative estimate of drug-likeness (QED) is 0.589. The minimum Gasteiger partial charge on any atom is -0.481 e. The van der Waals surface area contributed by atoms with Gasteiger partial charge in [0.05, 0.1) is 5.92 Å². The van der Waals surface area contributed by atoms with Crippen molar-refractivity contribution in [3.63, 3.8) is 0 Å². The predicted molar refractivity (Wildman–Crippen MR) is 68.5 cm³/mol. The molecule has 0 bridgehead atoms.